The number of nitrogens with two attached hydrogens (primary N) is 1. The Morgan fingerprint density at radius 2 is 2.36 bits per heavy atom. The molecule has 76 valence electrons. The van der Waals surface area contributed by atoms with Gasteiger partial charge in [0.05, 0.1) is 10.6 Å². The maximum absolute atomic E-state index is 10.7. The van der Waals surface area contributed by atoms with Gasteiger partial charge in [-0.15, -0.1) is 11.8 Å². The van der Waals surface area contributed by atoms with Crippen molar-refractivity contribution in [2.24, 2.45) is 5.73 Å². The molecule has 4 nitrogen and oxygen atoms in total. The van der Waals surface area contributed by atoms with E-state index in [0.717, 1.165) is 17.2 Å². The Labute approximate surface area is 86.5 Å². The highest BCUT2D eigenvalue weighted by Gasteiger charge is 2.00. The molecule has 14 heavy (non-hydrogen) atoms. The molecule has 5 heteroatoms. The van der Waals surface area contributed by atoms with Crippen molar-refractivity contribution in [3.8, 4) is 0 Å². The third kappa shape index (κ3) is 3.35. The summed E-state index contributed by atoms with van der Waals surface area (Å²) in [6, 6.07) is 3.40. The van der Waals surface area contributed by atoms with Gasteiger partial charge in [0, 0.05) is 18.6 Å². The van der Waals surface area contributed by atoms with Crippen molar-refractivity contribution in [2.75, 3.05) is 12.4 Å². The van der Waals surface area contributed by atoms with E-state index in [9.17, 15) is 4.79 Å². The summed E-state index contributed by atoms with van der Waals surface area (Å²) < 4.78 is 0. The highest BCUT2D eigenvalue weighted by Crippen LogP contribution is 2.15. The standard InChI is InChI=1S/C9H12N2O2S/c10-9(13)7-2-3-8(11-6-7)14-5-1-4-12/h2-3,6,12H,1,4-5H2,(H2,10,13). The van der Waals surface area contributed by atoms with E-state index in [1.165, 1.54) is 6.20 Å². The van der Waals surface area contributed by atoms with Crippen LogP contribution in [0.4, 0.5) is 0 Å². The first-order chi connectivity index (χ1) is 6.74. The average Bonchev–Trinajstić information content (AvgIpc) is 2.19. The van der Waals surface area contributed by atoms with Gasteiger partial charge in [0.2, 0.25) is 5.91 Å². The van der Waals surface area contributed by atoms with Gasteiger partial charge in [0.1, 0.15) is 0 Å². The molecule has 1 rings (SSSR count). The van der Waals surface area contributed by atoms with Crippen LogP contribution in [0.3, 0.4) is 0 Å². The van der Waals surface area contributed by atoms with E-state index in [0.29, 0.717) is 5.56 Å². The van der Waals surface area contributed by atoms with Gasteiger partial charge in [-0.25, -0.2) is 4.98 Å². The first kappa shape index (κ1) is 11.0. The number of amides is 1. The van der Waals surface area contributed by atoms with E-state index in [4.69, 9.17) is 10.8 Å². The number of hydrogen-bond acceptors (Lipinski definition) is 4. The molecule has 0 aliphatic heterocycles. The molecule has 0 aromatic carbocycles. The summed E-state index contributed by atoms with van der Waals surface area (Å²) in [6.07, 6.45) is 2.20. The third-order valence-electron chi connectivity index (χ3n) is 1.57. The van der Waals surface area contributed by atoms with Crippen molar-refractivity contribution in [1.29, 1.82) is 0 Å². The highest BCUT2D eigenvalue weighted by molar-refractivity contribution is 7.99. The van der Waals surface area contributed by atoms with Crippen LogP contribution >= 0.6 is 11.8 Å². The zero-order valence-corrected chi connectivity index (χ0v) is 8.46. The number of carbonyl (C=O) groups excluding carboxylic acids is 1. The number of hydrogen-bond donors (Lipinski definition) is 2. The molecule has 0 unspecified atom stereocenters. The fourth-order valence-electron chi connectivity index (χ4n) is 0.853. The molecule has 1 heterocycles. The molecule has 1 aromatic rings. The summed E-state index contributed by atoms with van der Waals surface area (Å²) in [5.41, 5.74) is 5.48. The number of primary amides is 1. The quantitative estimate of drug-likeness (QED) is 0.555. The molecule has 0 fully saturated rings. The van der Waals surface area contributed by atoms with Crippen molar-refractivity contribution in [3.63, 3.8) is 0 Å². The van der Waals surface area contributed by atoms with E-state index in [1.807, 2.05) is 0 Å². The fourth-order valence-corrected chi connectivity index (χ4v) is 1.63. The second-order valence-electron chi connectivity index (χ2n) is 2.67. The monoisotopic (exact) mass is 212 g/mol. The minimum absolute atomic E-state index is 0.187. The van der Waals surface area contributed by atoms with Crippen molar-refractivity contribution in [3.05, 3.63) is 23.9 Å². The van der Waals surface area contributed by atoms with Gasteiger partial charge in [0.25, 0.3) is 0 Å². The Bertz CT molecular complexity index is 300. The van der Waals surface area contributed by atoms with Crippen molar-refractivity contribution >= 4 is 17.7 Å². The SMILES string of the molecule is NC(=O)c1ccc(SCCCO)nc1. The Hall–Kier alpha value is -1.07. The molecule has 1 amide bonds. The summed E-state index contributed by atoms with van der Waals surface area (Å²) in [5, 5.41) is 9.40. The Kier molecular flexibility index (Phi) is 4.42. The van der Waals surface area contributed by atoms with Crippen LogP contribution in [0.25, 0.3) is 0 Å². The maximum Gasteiger partial charge on any atom is 0.250 e. The minimum Gasteiger partial charge on any atom is -0.396 e. The number of aliphatic hydroxyl groups excluding tert-OH is 1. The predicted molar refractivity (Wildman–Crippen MR) is 55.2 cm³/mol. The number of thioether (sulfide) groups is 1. The van der Waals surface area contributed by atoms with E-state index < -0.39 is 5.91 Å². The van der Waals surface area contributed by atoms with Crippen LogP contribution in [-0.2, 0) is 0 Å². The van der Waals surface area contributed by atoms with Crippen LogP contribution in [-0.4, -0.2) is 28.4 Å². The molecule has 1 aromatic heterocycles. The van der Waals surface area contributed by atoms with Gasteiger partial charge >= 0.3 is 0 Å². The summed E-state index contributed by atoms with van der Waals surface area (Å²) in [4.78, 5) is 14.8. The van der Waals surface area contributed by atoms with Crippen LogP contribution in [0.2, 0.25) is 0 Å². The normalized spacial score (nSPS) is 10.1. The predicted octanol–water partition coefficient (Wildman–Crippen LogP) is 0.655. The van der Waals surface area contributed by atoms with E-state index in [-0.39, 0.29) is 6.61 Å². The minimum atomic E-state index is -0.468. The number of rotatable bonds is 5. The zero-order chi connectivity index (χ0) is 10.4. The summed E-state index contributed by atoms with van der Waals surface area (Å²) >= 11 is 1.54. The highest BCUT2D eigenvalue weighted by atomic mass is 32.2. The molecular weight excluding hydrogens is 200 g/mol. The fraction of sp³-hybridized carbons (Fsp3) is 0.333. The number of carbonyl (C=O) groups is 1. The Morgan fingerprint density at radius 3 is 2.86 bits per heavy atom. The number of aromatic nitrogens is 1. The van der Waals surface area contributed by atoms with Gasteiger partial charge in [-0.3, -0.25) is 4.79 Å². The first-order valence-electron chi connectivity index (χ1n) is 4.23. The molecule has 3 N–H and O–H groups in total. The lowest BCUT2D eigenvalue weighted by atomic mass is 10.3. The number of pyridine rings is 1. The molecule has 0 saturated heterocycles. The molecule has 0 radical (unpaired) electrons. The van der Waals surface area contributed by atoms with Gasteiger partial charge in [-0.2, -0.15) is 0 Å². The number of nitrogens with zero attached hydrogens (tertiary/aromatic N) is 1. The molecule has 0 atom stereocenters. The summed E-state index contributed by atoms with van der Waals surface area (Å²) in [5.74, 6) is 0.351. The van der Waals surface area contributed by atoms with Crippen molar-refractivity contribution in [2.45, 2.75) is 11.4 Å². The lowest BCUT2D eigenvalue weighted by Gasteiger charge is -1.99. The van der Waals surface area contributed by atoms with Crippen molar-refractivity contribution in [1.82, 2.24) is 4.98 Å². The van der Waals surface area contributed by atoms with Gasteiger partial charge in [0.15, 0.2) is 0 Å². The average molecular weight is 212 g/mol. The van der Waals surface area contributed by atoms with E-state index in [2.05, 4.69) is 4.98 Å². The smallest absolute Gasteiger partial charge is 0.250 e. The molecule has 0 bridgehead atoms. The first-order valence-corrected chi connectivity index (χ1v) is 5.22. The zero-order valence-electron chi connectivity index (χ0n) is 7.64. The van der Waals surface area contributed by atoms with Crippen LogP contribution < -0.4 is 5.73 Å². The third-order valence-corrected chi connectivity index (χ3v) is 2.60. The van der Waals surface area contributed by atoms with E-state index in [1.54, 1.807) is 23.9 Å². The number of aliphatic hydroxyl groups is 1. The molecule has 0 aliphatic carbocycles. The largest absolute Gasteiger partial charge is 0.396 e. The molecule has 0 aliphatic rings. The summed E-state index contributed by atoms with van der Waals surface area (Å²) in [6.45, 7) is 0.187. The second kappa shape index (κ2) is 5.62. The van der Waals surface area contributed by atoms with Crippen LogP contribution in [0, 0.1) is 0 Å². The Morgan fingerprint density at radius 1 is 1.57 bits per heavy atom. The van der Waals surface area contributed by atoms with Gasteiger partial charge in [-0.1, -0.05) is 0 Å². The lowest BCUT2D eigenvalue weighted by molar-refractivity contribution is 0.1000. The summed E-state index contributed by atoms with van der Waals surface area (Å²) in [7, 11) is 0. The Balaban J connectivity index is 2.51. The van der Waals surface area contributed by atoms with E-state index >= 15 is 0 Å². The van der Waals surface area contributed by atoms with Gasteiger partial charge in [-0.05, 0) is 18.6 Å². The van der Waals surface area contributed by atoms with Crippen LogP contribution in [0.5, 0.6) is 0 Å². The topological polar surface area (TPSA) is 76.2 Å². The maximum atomic E-state index is 10.7. The molecular formula is C9H12N2O2S. The lowest BCUT2D eigenvalue weighted by Crippen LogP contribution is -2.10. The second-order valence-corrected chi connectivity index (χ2v) is 3.79. The molecule has 0 saturated carbocycles. The van der Waals surface area contributed by atoms with Crippen LogP contribution in [0.15, 0.2) is 23.4 Å². The van der Waals surface area contributed by atoms with Crippen LogP contribution in [0.1, 0.15) is 16.8 Å². The van der Waals surface area contributed by atoms with Crippen molar-refractivity contribution < 1.29 is 9.90 Å². The van der Waals surface area contributed by atoms with Gasteiger partial charge < -0.3 is 10.8 Å². The molecule has 0 spiro atoms.